The molecule has 1 heterocycles. The summed E-state index contributed by atoms with van der Waals surface area (Å²) in [6.07, 6.45) is 15.3. The first-order valence-corrected chi connectivity index (χ1v) is 8.05. The van der Waals surface area contributed by atoms with Crippen LogP contribution in [0.4, 0.5) is 0 Å². The number of Topliss-reactive ketones (excluding diaryl/α,β-unsaturated/α-hetero) is 1. The molecule has 1 aromatic rings. The number of allylic oxidation sites excluding steroid dienone is 2. The fourth-order valence-corrected chi connectivity index (χ4v) is 3.43. The van der Waals surface area contributed by atoms with Gasteiger partial charge in [-0.25, -0.2) is 0 Å². The van der Waals surface area contributed by atoms with Gasteiger partial charge >= 0.3 is 0 Å². The van der Waals surface area contributed by atoms with Crippen molar-refractivity contribution in [2.24, 2.45) is 0 Å². The lowest BCUT2D eigenvalue weighted by Gasteiger charge is -2.11. The van der Waals surface area contributed by atoms with E-state index in [1.807, 2.05) is 6.07 Å². The molecule has 3 heteroatoms. The number of hydrogen-bond acceptors (Lipinski definition) is 2. The normalized spacial score (nSPS) is 20.1. The van der Waals surface area contributed by atoms with Gasteiger partial charge in [-0.2, -0.15) is 5.10 Å². The van der Waals surface area contributed by atoms with Crippen LogP contribution < -0.4 is 0 Å². The fourth-order valence-electron chi connectivity index (χ4n) is 3.43. The third-order valence-corrected chi connectivity index (χ3v) is 4.55. The number of carbonyl (C=O) groups is 1. The minimum atomic E-state index is 0.315. The third kappa shape index (κ3) is 3.38. The van der Waals surface area contributed by atoms with Gasteiger partial charge in [-0.3, -0.25) is 9.48 Å². The predicted molar refractivity (Wildman–Crippen MR) is 79.6 cm³/mol. The summed E-state index contributed by atoms with van der Waals surface area (Å²) in [5, 5.41) is 4.60. The van der Waals surface area contributed by atoms with Crippen molar-refractivity contribution in [3.8, 4) is 0 Å². The average Bonchev–Trinajstić information content (AvgIpc) is 3.10. The Morgan fingerprint density at radius 3 is 2.80 bits per heavy atom. The van der Waals surface area contributed by atoms with Gasteiger partial charge in [0, 0.05) is 12.6 Å². The molecule has 1 saturated carbocycles. The van der Waals surface area contributed by atoms with Gasteiger partial charge in [-0.1, -0.05) is 24.5 Å². The van der Waals surface area contributed by atoms with E-state index >= 15 is 0 Å². The summed E-state index contributed by atoms with van der Waals surface area (Å²) in [5.74, 6) is 0.315. The van der Waals surface area contributed by atoms with Crippen LogP contribution in [0, 0.1) is 0 Å². The molecular weight excluding hydrogens is 248 g/mol. The summed E-state index contributed by atoms with van der Waals surface area (Å²) < 4.78 is 2.08. The molecule has 0 bridgehead atoms. The van der Waals surface area contributed by atoms with Gasteiger partial charge in [0.1, 0.15) is 5.78 Å². The Morgan fingerprint density at radius 1 is 1.20 bits per heavy atom. The average molecular weight is 272 g/mol. The Labute approximate surface area is 121 Å². The van der Waals surface area contributed by atoms with Crippen LogP contribution >= 0.6 is 0 Å². The topological polar surface area (TPSA) is 34.9 Å². The van der Waals surface area contributed by atoms with E-state index in [-0.39, 0.29) is 0 Å². The van der Waals surface area contributed by atoms with Crippen molar-refractivity contribution < 1.29 is 4.79 Å². The van der Waals surface area contributed by atoms with Crippen molar-refractivity contribution >= 4 is 5.78 Å². The third-order valence-electron chi connectivity index (χ3n) is 4.55. The second-order valence-corrected chi connectivity index (χ2v) is 6.23. The van der Waals surface area contributed by atoms with Crippen LogP contribution in [0.25, 0.3) is 0 Å². The summed E-state index contributed by atoms with van der Waals surface area (Å²) >= 11 is 0. The molecule has 108 valence electrons. The lowest BCUT2D eigenvalue weighted by Crippen LogP contribution is -2.09. The van der Waals surface area contributed by atoms with Crippen LogP contribution in [0.15, 0.2) is 23.9 Å². The largest absolute Gasteiger partial charge is 0.299 e. The number of rotatable bonds is 5. The van der Waals surface area contributed by atoms with Crippen LogP contribution in [0.1, 0.15) is 69.5 Å². The second kappa shape index (κ2) is 6.38. The highest BCUT2D eigenvalue weighted by atomic mass is 16.1. The molecule has 3 nitrogen and oxygen atoms in total. The maximum atomic E-state index is 12.1. The minimum absolute atomic E-state index is 0.315. The number of nitrogens with zero attached hydrogens (tertiary/aromatic N) is 2. The molecule has 0 unspecified atom stereocenters. The number of carbonyl (C=O) groups excluding carboxylic acids is 1. The van der Waals surface area contributed by atoms with Crippen molar-refractivity contribution in [1.29, 1.82) is 0 Å². The molecule has 0 amide bonds. The van der Waals surface area contributed by atoms with Gasteiger partial charge in [-0.15, -0.1) is 0 Å². The first-order chi connectivity index (χ1) is 9.81. The lowest BCUT2D eigenvalue weighted by molar-refractivity contribution is -0.117. The van der Waals surface area contributed by atoms with Gasteiger partial charge in [0.25, 0.3) is 0 Å². The summed E-state index contributed by atoms with van der Waals surface area (Å²) in [6, 6.07) is 2.59. The first kappa shape index (κ1) is 13.6. The van der Waals surface area contributed by atoms with E-state index in [0.717, 1.165) is 18.5 Å². The summed E-state index contributed by atoms with van der Waals surface area (Å²) in [5.41, 5.74) is 2.29. The van der Waals surface area contributed by atoms with E-state index in [0.29, 0.717) is 24.7 Å². The molecule has 2 aliphatic rings. The molecule has 0 atom stereocenters. The summed E-state index contributed by atoms with van der Waals surface area (Å²) in [6.45, 7) is 0. The molecule has 1 fully saturated rings. The molecule has 0 aliphatic heterocycles. The zero-order valence-corrected chi connectivity index (χ0v) is 12.2. The minimum Gasteiger partial charge on any atom is -0.299 e. The van der Waals surface area contributed by atoms with Crippen LogP contribution in [-0.4, -0.2) is 15.6 Å². The molecule has 0 radical (unpaired) electrons. The van der Waals surface area contributed by atoms with E-state index in [2.05, 4.69) is 22.1 Å². The summed E-state index contributed by atoms with van der Waals surface area (Å²) in [4.78, 5) is 12.1. The Balaban J connectivity index is 1.54. The standard InChI is InChI=1S/C17H24N2O/c20-17(12-14-6-2-1-3-7-14)13-15-10-11-19(18-15)16-8-4-5-9-16/h6,10-11,16H,1-5,7-9,12-13H2. The Kier molecular flexibility index (Phi) is 4.34. The van der Waals surface area contributed by atoms with E-state index < -0.39 is 0 Å². The molecule has 0 spiro atoms. The predicted octanol–water partition coefficient (Wildman–Crippen LogP) is 4.00. The Morgan fingerprint density at radius 2 is 2.05 bits per heavy atom. The lowest BCUT2D eigenvalue weighted by atomic mass is 9.95. The van der Waals surface area contributed by atoms with Gasteiger partial charge in [0.05, 0.1) is 18.2 Å². The molecule has 1 aromatic heterocycles. The highest BCUT2D eigenvalue weighted by molar-refractivity contribution is 5.82. The van der Waals surface area contributed by atoms with E-state index in [4.69, 9.17) is 0 Å². The highest BCUT2D eigenvalue weighted by Gasteiger charge is 2.18. The van der Waals surface area contributed by atoms with E-state index in [1.165, 1.54) is 44.1 Å². The SMILES string of the molecule is O=C(CC1=CCCCC1)Cc1ccn(C2CCCC2)n1. The van der Waals surface area contributed by atoms with Gasteiger partial charge in [0.15, 0.2) is 0 Å². The van der Waals surface area contributed by atoms with Gasteiger partial charge < -0.3 is 0 Å². The zero-order chi connectivity index (χ0) is 13.8. The van der Waals surface area contributed by atoms with Crippen molar-refractivity contribution in [2.45, 2.75) is 70.3 Å². The second-order valence-electron chi connectivity index (χ2n) is 6.23. The highest BCUT2D eigenvalue weighted by Crippen LogP contribution is 2.28. The smallest absolute Gasteiger partial charge is 0.142 e. The molecule has 0 aromatic carbocycles. The van der Waals surface area contributed by atoms with Crippen LogP contribution in [0.2, 0.25) is 0 Å². The quantitative estimate of drug-likeness (QED) is 0.759. The van der Waals surface area contributed by atoms with Crippen LogP contribution in [0.3, 0.4) is 0 Å². The monoisotopic (exact) mass is 272 g/mol. The van der Waals surface area contributed by atoms with Crippen molar-refractivity contribution in [2.75, 3.05) is 0 Å². The zero-order valence-electron chi connectivity index (χ0n) is 12.2. The summed E-state index contributed by atoms with van der Waals surface area (Å²) in [7, 11) is 0. The van der Waals surface area contributed by atoms with Crippen molar-refractivity contribution in [3.63, 3.8) is 0 Å². The van der Waals surface area contributed by atoms with Crippen molar-refractivity contribution in [1.82, 2.24) is 9.78 Å². The maximum absolute atomic E-state index is 12.1. The molecule has 0 saturated heterocycles. The number of hydrogen-bond donors (Lipinski definition) is 0. The van der Waals surface area contributed by atoms with Crippen molar-refractivity contribution in [3.05, 3.63) is 29.6 Å². The molecule has 0 N–H and O–H groups in total. The fraction of sp³-hybridized carbons (Fsp3) is 0.647. The Bertz CT molecular complexity index is 495. The van der Waals surface area contributed by atoms with Gasteiger partial charge in [-0.05, 0) is 44.6 Å². The maximum Gasteiger partial charge on any atom is 0.142 e. The molecule has 3 rings (SSSR count). The first-order valence-electron chi connectivity index (χ1n) is 8.05. The van der Waals surface area contributed by atoms with E-state index in [9.17, 15) is 4.79 Å². The molecule has 2 aliphatic carbocycles. The molecular formula is C17H24N2O. The number of ketones is 1. The van der Waals surface area contributed by atoms with Gasteiger partial charge in [0.2, 0.25) is 0 Å². The Hall–Kier alpha value is -1.38. The molecule has 20 heavy (non-hydrogen) atoms. The van der Waals surface area contributed by atoms with Crippen LogP contribution in [-0.2, 0) is 11.2 Å². The number of aromatic nitrogens is 2. The van der Waals surface area contributed by atoms with E-state index in [1.54, 1.807) is 0 Å². The van der Waals surface area contributed by atoms with Crippen LogP contribution in [0.5, 0.6) is 0 Å².